The fraction of sp³-hybridized carbons (Fsp3) is 0.0625. The molecule has 0 fully saturated rings. The van der Waals surface area contributed by atoms with E-state index in [1.165, 1.54) is 0 Å². The largest absolute Gasteiger partial charge is 0.323 e. The Hall–Kier alpha value is -2.08. The lowest BCUT2D eigenvalue weighted by Crippen LogP contribution is -2.20. The van der Waals surface area contributed by atoms with E-state index >= 15 is 0 Å². The molecule has 1 atom stereocenters. The number of rotatable bonds is 2. The average molecular weight is 379 g/mol. The molecule has 0 aliphatic carbocycles. The maximum Gasteiger partial charge on any atom is 0.248 e. The van der Waals surface area contributed by atoms with Gasteiger partial charge in [-0.3, -0.25) is 0 Å². The van der Waals surface area contributed by atoms with Crippen molar-refractivity contribution in [1.82, 2.24) is 20.2 Å². The van der Waals surface area contributed by atoms with Crippen molar-refractivity contribution in [1.29, 1.82) is 0 Å². The number of aromatic nitrogens is 4. The third-order valence-electron chi connectivity index (χ3n) is 3.76. The number of nitrogens with one attached hydrogen (secondary N) is 1. The molecule has 4 rings (SSSR count). The molecule has 0 bridgehead atoms. The van der Waals surface area contributed by atoms with E-state index in [1.807, 2.05) is 36.4 Å². The Labute approximate surface area is 152 Å². The van der Waals surface area contributed by atoms with E-state index in [2.05, 4.69) is 20.8 Å². The first-order valence-corrected chi connectivity index (χ1v) is 8.23. The third-order valence-corrected chi connectivity index (χ3v) is 4.58. The zero-order chi connectivity index (χ0) is 16.7. The van der Waals surface area contributed by atoms with Crippen molar-refractivity contribution in [2.24, 2.45) is 0 Å². The zero-order valence-electron chi connectivity index (χ0n) is 12.1. The molecule has 120 valence electrons. The van der Waals surface area contributed by atoms with Crippen LogP contribution in [0.4, 0.5) is 5.95 Å². The van der Waals surface area contributed by atoms with Crippen molar-refractivity contribution in [3.8, 4) is 0 Å². The zero-order valence-corrected chi connectivity index (χ0v) is 14.4. The first kappa shape index (κ1) is 15.4. The van der Waals surface area contributed by atoms with Gasteiger partial charge < -0.3 is 5.32 Å². The smallest absolute Gasteiger partial charge is 0.248 e. The lowest BCUT2D eigenvalue weighted by atomic mass is 10.0. The molecule has 0 spiro atoms. The van der Waals surface area contributed by atoms with Gasteiger partial charge >= 0.3 is 0 Å². The monoisotopic (exact) mass is 377 g/mol. The fourth-order valence-electron chi connectivity index (χ4n) is 2.61. The van der Waals surface area contributed by atoms with E-state index in [9.17, 15) is 0 Å². The van der Waals surface area contributed by atoms with Crippen molar-refractivity contribution >= 4 is 46.4 Å². The second-order valence-corrected chi connectivity index (χ2v) is 6.55. The Morgan fingerprint density at radius 1 is 0.958 bits per heavy atom. The molecule has 0 saturated carbocycles. The molecule has 5 nitrogen and oxygen atoms in total. The number of anilines is 1. The van der Waals surface area contributed by atoms with E-state index in [0.717, 1.165) is 16.8 Å². The van der Waals surface area contributed by atoms with Crippen molar-refractivity contribution < 1.29 is 0 Å². The van der Waals surface area contributed by atoms with Crippen LogP contribution in [-0.4, -0.2) is 20.2 Å². The highest BCUT2D eigenvalue weighted by Crippen LogP contribution is 2.35. The van der Waals surface area contributed by atoms with Crippen LogP contribution in [0.25, 0.3) is 5.70 Å². The minimum Gasteiger partial charge on any atom is -0.323 e. The van der Waals surface area contributed by atoms with E-state index < -0.39 is 0 Å². The molecule has 8 heteroatoms. The number of fused-ring (bicyclic) bond motifs is 1. The lowest BCUT2D eigenvalue weighted by molar-refractivity contribution is 0.586. The summed E-state index contributed by atoms with van der Waals surface area (Å²) in [6.07, 6.45) is 2.02. The summed E-state index contributed by atoms with van der Waals surface area (Å²) in [5.41, 5.74) is 2.72. The van der Waals surface area contributed by atoms with Crippen molar-refractivity contribution in [3.63, 3.8) is 0 Å². The number of tetrazole rings is 1. The van der Waals surface area contributed by atoms with Gasteiger partial charge in [0.15, 0.2) is 0 Å². The van der Waals surface area contributed by atoms with Gasteiger partial charge in [-0.15, -0.1) is 0 Å². The molecule has 24 heavy (non-hydrogen) atoms. The van der Waals surface area contributed by atoms with Gasteiger partial charge in [-0.05, 0) is 51.9 Å². The first-order chi connectivity index (χ1) is 11.6. The number of allylic oxidation sites excluding steroid dienone is 1. The van der Waals surface area contributed by atoms with Gasteiger partial charge in [-0.2, -0.15) is 4.68 Å². The van der Waals surface area contributed by atoms with Gasteiger partial charge in [0, 0.05) is 20.8 Å². The summed E-state index contributed by atoms with van der Waals surface area (Å²) in [6, 6.07) is 12.7. The van der Waals surface area contributed by atoms with E-state index in [4.69, 9.17) is 34.8 Å². The van der Waals surface area contributed by atoms with E-state index in [-0.39, 0.29) is 6.04 Å². The Bertz CT molecular complexity index is 933. The molecule has 1 aromatic heterocycles. The summed E-state index contributed by atoms with van der Waals surface area (Å²) in [5.74, 6) is 0.540. The molecule has 0 saturated heterocycles. The molecule has 0 amide bonds. The number of hydrogen-bond donors (Lipinski definition) is 1. The third kappa shape index (κ3) is 2.75. The standard InChI is InChI=1S/C16H10Cl3N5/c17-10-3-1-9(2-4-10)14-8-15(24-16(20-14)21-22-23-24)12-6-5-11(18)7-13(12)19/h1-8,15H,(H,20,21,23)/t15-/m0/s1. The fourth-order valence-corrected chi connectivity index (χ4v) is 3.26. The summed E-state index contributed by atoms with van der Waals surface area (Å²) in [6.45, 7) is 0. The number of benzene rings is 2. The van der Waals surface area contributed by atoms with Crippen LogP contribution >= 0.6 is 34.8 Å². The highest BCUT2D eigenvalue weighted by molar-refractivity contribution is 6.35. The average Bonchev–Trinajstić information content (AvgIpc) is 3.03. The Morgan fingerprint density at radius 2 is 1.71 bits per heavy atom. The van der Waals surface area contributed by atoms with Gasteiger partial charge in [-0.25, -0.2) is 0 Å². The first-order valence-electron chi connectivity index (χ1n) is 7.09. The van der Waals surface area contributed by atoms with E-state index in [1.54, 1.807) is 16.8 Å². The molecule has 2 aromatic carbocycles. The van der Waals surface area contributed by atoms with Crippen molar-refractivity contribution in [2.45, 2.75) is 6.04 Å². The topological polar surface area (TPSA) is 55.6 Å². The predicted octanol–water partition coefficient (Wildman–Crippen LogP) is 4.69. The minimum atomic E-state index is -0.244. The van der Waals surface area contributed by atoms with Crippen LogP contribution < -0.4 is 5.32 Å². The number of halogens is 3. The second-order valence-electron chi connectivity index (χ2n) is 5.27. The van der Waals surface area contributed by atoms with Gasteiger partial charge in [0.2, 0.25) is 5.95 Å². The lowest BCUT2D eigenvalue weighted by Gasteiger charge is -2.24. The molecule has 3 aromatic rings. The molecule has 1 aliphatic heterocycles. The van der Waals surface area contributed by atoms with Crippen LogP contribution in [-0.2, 0) is 0 Å². The van der Waals surface area contributed by atoms with Crippen molar-refractivity contribution in [2.75, 3.05) is 5.32 Å². The molecule has 0 unspecified atom stereocenters. The van der Waals surface area contributed by atoms with Gasteiger partial charge in [0.1, 0.15) is 6.04 Å². The Kier molecular flexibility index (Phi) is 3.92. The Morgan fingerprint density at radius 3 is 2.46 bits per heavy atom. The summed E-state index contributed by atoms with van der Waals surface area (Å²) in [4.78, 5) is 0. The molecule has 1 N–H and O–H groups in total. The summed E-state index contributed by atoms with van der Waals surface area (Å²) in [7, 11) is 0. The van der Waals surface area contributed by atoms with Crippen LogP contribution in [0.3, 0.4) is 0 Å². The molecule has 1 aliphatic rings. The molecular weight excluding hydrogens is 369 g/mol. The maximum atomic E-state index is 6.38. The van der Waals surface area contributed by atoms with Crippen molar-refractivity contribution in [3.05, 3.63) is 74.7 Å². The summed E-state index contributed by atoms with van der Waals surface area (Å²) >= 11 is 18.3. The molecule has 2 heterocycles. The van der Waals surface area contributed by atoms with Gasteiger partial charge in [-0.1, -0.05) is 58.1 Å². The SMILES string of the molecule is Clc1ccc(C2=C[C@@H](c3ccc(Cl)cc3Cl)n3nnnc3N2)cc1. The molecular formula is C16H10Cl3N5. The van der Waals surface area contributed by atoms with Crippen LogP contribution in [0.2, 0.25) is 15.1 Å². The quantitative estimate of drug-likeness (QED) is 0.703. The normalized spacial score (nSPS) is 16.3. The number of nitrogens with zero attached hydrogens (tertiary/aromatic N) is 4. The molecule has 0 radical (unpaired) electrons. The van der Waals surface area contributed by atoms with Crippen LogP contribution in [0, 0.1) is 0 Å². The highest BCUT2D eigenvalue weighted by atomic mass is 35.5. The van der Waals surface area contributed by atoms with Crippen LogP contribution in [0.1, 0.15) is 17.2 Å². The number of hydrogen-bond acceptors (Lipinski definition) is 4. The minimum absolute atomic E-state index is 0.244. The Balaban J connectivity index is 1.83. The van der Waals surface area contributed by atoms with Crippen LogP contribution in [0.5, 0.6) is 0 Å². The van der Waals surface area contributed by atoms with E-state index in [0.29, 0.717) is 21.0 Å². The highest BCUT2D eigenvalue weighted by Gasteiger charge is 2.25. The maximum absolute atomic E-state index is 6.38. The summed E-state index contributed by atoms with van der Waals surface area (Å²) in [5, 5.41) is 16.9. The van der Waals surface area contributed by atoms with Gasteiger partial charge in [0.25, 0.3) is 0 Å². The predicted molar refractivity (Wildman–Crippen MR) is 95.5 cm³/mol. The van der Waals surface area contributed by atoms with Gasteiger partial charge in [0.05, 0.1) is 0 Å². The van der Waals surface area contributed by atoms with Crippen LogP contribution in [0.15, 0.2) is 48.5 Å². The summed E-state index contributed by atoms with van der Waals surface area (Å²) < 4.78 is 1.68. The second kappa shape index (κ2) is 6.09.